The van der Waals surface area contributed by atoms with E-state index >= 15 is 0 Å². The molecule has 24 heavy (non-hydrogen) atoms. The molecule has 1 atom stereocenters. The highest BCUT2D eigenvalue weighted by atomic mass is 32.2. The molecule has 1 N–H and O–H groups in total. The van der Waals surface area contributed by atoms with Gasteiger partial charge in [-0.15, -0.1) is 0 Å². The molecule has 0 saturated carbocycles. The molecule has 1 aliphatic rings. The largest absolute Gasteiger partial charge is 0.469 e. The van der Waals surface area contributed by atoms with Crippen LogP contribution in [0, 0.1) is 0 Å². The molecule has 0 bridgehead atoms. The Labute approximate surface area is 145 Å². The van der Waals surface area contributed by atoms with Crippen LogP contribution >= 0.6 is 11.8 Å². The van der Waals surface area contributed by atoms with Crippen molar-refractivity contribution in [1.29, 1.82) is 0 Å². The lowest BCUT2D eigenvalue weighted by molar-refractivity contribution is -0.139. The summed E-state index contributed by atoms with van der Waals surface area (Å²) in [6.07, 6.45) is 4.33. The first-order valence-corrected chi connectivity index (χ1v) is 9.00. The Balaban J connectivity index is 2.04. The fourth-order valence-electron chi connectivity index (χ4n) is 2.62. The topological polar surface area (TPSA) is 92.4 Å². The second-order valence-electron chi connectivity index (χ2n) is 5.79. The Morgan fingerprint density at radius 3 is 2.62 bits per heavy atom. The number of esters is 1. The monoisotopic (exact) mass is 353 g/mol. The number of methoxy groups -OCH3 is 1. The van der Waals surface area contributed by atoms with E-state index in [0.29, 0.717) is 10.9 Å². The summed E-state index contributed by atoms with van der Waals surface area (Å²) >= 11 is 1.21. The summed E-state index contributed by atoms with van der Waals surface area (Å²) in [5, 5.41) is -0.00305. The molecule has 2 rings (SSSR count). The SMILES string of the molecule is COC(=O)Cc1cc(=O)[nH]c(S[C@@H](C)C(=O)N2CCCCCC2)n1. The third-order valence-corrected chi connectivity index (χ3v) is 4.85. The lowest BCUT2D eigenvalue weighted by Crippen LogP contribution is -2.37. The predicted octanol–water partition coefficient (Wildman–Crippen LogP) is 1.37. The maximum atomic E-state index is 12.6. The van der Waals surface area contributed by atoms with Crippen molar-refractivity contribution in [2.45, 2.75) is 49.4 Å². The van der Waals surface area contributed by atoms with Crippen molar-refractivity contribution in [3.8, 4) is 0 Å². The molecule has 1 amide bonds. The van der Waals surface area contributed by atoms with Crippen LogP contribution in [0.25, 0.3) is 0 Å². The minimum absolute atomic E-state index is 0.0583. The fourth-order valence-corrected chi connectivity index (χ4v) is 3.53. The predicted molar refractivity (Wildman–Crippen MR) is 90.9 cm³/mol. The van der Waals surface area contributed by atoms with Crippen molar-refractivity contribution in [2.75, 3.05) is 20.2 Å². The van der Waals surface area contributed by atoms with Crippen LogP contribution in [0.5, 0.6) is 0 Å². The summed E-state index contributed by atoms with van der Waals surface area (Å²) in [6, 6.07) is 1.27. The second-order valence-corrected chi connectivity index (χ2v) is 7.12. The second kappa shape index (κ2) is 8.86. The van der Waals surface area contributed by atoms with Gasteiger partial charge in [0.2, 0.25) is 5.91 Å². The van der Waals surface area contributed by atoms with Gasteiger partial charge in [0.25, 0.3) is 5.56 Å². The van der Waals surface area contributed by atoms with Gasteiger partial charge >= 0.3 is 5.97 Å². The molecule has 1 aromatic rings. The number of hydrogen-bond donors (Lipinski definition) is 1. The zero-order chi connectivity index (χ0) is 17.5. The van der Waals surface area contributed by atoms with Gasteiger partial charge in [-0.05, 0) is 19.8 Å². The summed E-state index contributed by atoms with van der Waals surface area (Å²) in [4.78, 5) is 44.4. The van der Waals surface area contributed by atoms with E-state index in [-0.39, 0.29) is 23.1 Å². The van der Waals surface area contributed by atoms with Crippen LogP contribution in [0.3, 0.4) is 0 Å². The van der Waals surface area contributed by atoms with Gasteiger partial charge in [-0.3, -0.25) is 14.4 Å². The van der Waals surface area contributed by atoms with Gasteiger partial charge in [0.15, 0.2) is 5.16 Å². The number of H-pyrrole nitrogens is 1. The molecule has 2 heterocycles. The Kier molecular flexibility index (Phi) is 6.84. The molecule has 1 aromatic heterocycles. The van der Waals surface area contributed by atoms with E-state index in [4.69, 9.17) is 0 Å². The van der Waals surface area contributed by atoms with Crippen LogP contribution in [-0.4, -0.2) is 52.2 Å². The maximum absolute atomic E-state index is 12.6. The van der Waals surface area contributed by atoms with E-state index in [1.807, 2.05) is 11.8 Å². The summed E-state index contributed by atoms with van der Waals surface area (Å²) in [6.45, 7) is 3.39. The number of thioether (sulfide) groups is 1. The number of likely N-dealkylation sites (tertiary alicyclic amines) is 1. The first-order chi connectivity index (χ1) is 11.5. The quantitative estimate of drug-likeness (QED) is 0.488. The molecular weight excluding hydrogens is 330 g/mol. The summed E-state index contributed by atoms with van der Waals surface area (Å²) in [5.74, 6) is -0.402. The van der Waals surface area contributed by atoms with E-state index in [9.17, 15) is 14.4 Å². The summed E-state index contributed by atoms with van der Waals surface area (Å²) in [7, 11) is 1.28. The number of aromatic nitrogens is 2. The average molecular weight is 353 g/mol. The van der Waals surface area contributed by atoms with Crippen molar-refractivity contribution in [3.05, 3.63) is 22.1 Å². The molecule has 7 nitrogen and oxygen atoms in total. The minimum Gasteiger partial charge on any atom is -0.469 e. The molecule has 0 aliphatic carbocycles. The van der Waals surface area contributed by atoms with Crippen LogP contribution in [-0.2, 0) is 20.7 Å². The maximum Gasteiger partial charge on any atom is 0.311 e. The number of carbonyl (C=O) groups is 2. The van der Waals surface area contributed by atoms with Crippen molar-refractivity contribution >= 4 is 23.6 Å². The minimum atomic E-state index is -0.460. The highest BCUT2D eigenvalue weighted by Crippen LogP contribution is 2.22. The zero-order valence-electron chi connectivity index (χ0n) is 14.0. The van der Waals surface area contributed by atoms with Crippen LogP contribution in [0.2, 0.25) is 0 Å². The number of rotatable bonds is 5. The first-order valence-electron chi connectivity index (χ1n) is 8.12. The standard InChI is InChI=1S/C16H23N3O4S/c1-11(15(22)19-7-5-3-4-6-8-19)24-16-17-12(9-13(20)18-16)10-14(21)23-2/h9,11H,3-8,10H2,1-2H3,(H,17,18,20)/t11-/m0/s1. The van der Waals surface area contributed by atoms with Gasteiger partial charge in [0.1, 0.15) is 0 Å². The lowest BCUT2D eigenvalue weighted by atomic mass is 10.2. The van der Waals surface area contributed by atoms with E-state index < -0.39 is 5.97 Å². The Morgan fingerprint density at radius 1 is 1.33 bits per heavy atom. The molecule has 0 spiro atoms. The normalized spacial score (nSPS) is 16.3. The van der Waals surface area contributed by atoms with E-state index in [0.717, 1.165) is 38.8 Å². The molecule has 1 aliphatic heterocycles. The van der Waals surface area contributed by atoms with E-state index in [1.165, 1.54) is 24.9 Å². The molecule has 132 valence electrons. The van der Waals surface area contributed by atoms with Crippen molar-refractivity contribution in [3.63, 3.8) is 0 Å². The smallest absolute Gasteiger partial charge is 0.311 e. The molecule has 1 saturated heterocycles. The summed E-state index contributed by atoms with van der Waals surface area (Å²) < 4.78 is 4.59. The number of amides is 1. The van der Waals surface area contributed by atoms with Crippen molar-refractivity contribution in [2.24, 2.45) is 0 Å². The van der Waals surface area contributed by atoms with Crippen LogP contribution in [0.15, 0.2) is 16.0 Å². The molecular formula is C16H23N3O4S. The Hall–Kier alpha value is -1.83. The van der Waals surface area contributed by atoms with Gasteiger partial charge in [-0.1, -0.05) is 24.6 Å². The first kappa shape index (κ1) is 18.5. The van der Waals surface area contributed by atoms with Gasteiger partial charge < -0.3 is 14.6 Å². The zero-order valence-corrected chi connectivity index (χ0v) is 14.9. The Morgan fingerprint density at radius 2 is 2.00 bits per heavy atom. The van der Waals surface area contributed by atoms with Gasteiger partial charge in [0, 0.05) is 19.2 Å². The number of carbonyl (C=O) groups excluding carboxylic acids is 2. The molecule has 0 aromatic carbocycles. The molecule has 0 unspecified atom stereocenters. The van der Waals surface area contributed by atoms with Crippen LogP contribution in [0.1, 0.15) is 38.3 Å². The third kappa shape index (κ3) is 5.36. The molecule has 1 fully saturated rings. The number of aromatic amines is 1. The van der Waals surface area contributed by atoms with Crippen LogP contribution < -0.4 is 5.56 Å². The number of ether oxygens (including phenoxy) is 1. The van der Waals surface area contributed by atoms with E-state index in [2.05, 4.69) is 14.7 Å². The highest BCUT2D eigenvalue weighted by molar-refractivity contribution is 8.00. The number of nitrogens with zero attached hydrogens (tertiary/aromatic N) is 2. The highest BCUT2D eigenvalue weighted by Gasteiger charge is 2.23. The molecule has 0 radical (unpaired) electrons. The average Bonchev–Trinajstić information content (AvgIpc) is 2.82. The van der Waals surface area contributed by atoms with Crippen LogP contribution in [0.4, 0.5) is 0 Å². The lowest BCUT2D eigenvalue weighted by Gasteiger charge is -2.23. The Bertz CT molecular complexity index is 638. The molecule has 8 heteroatoms. The van der Waals surface area contributed by atoms with Gasteiger partial charge in [-0.25, -0.2) is 4.98 Å². The van der Waals surface area contributed by atoms with Gasteiger partial charge in [-0.2, -0.15) is 0 Å². The van der Waals surface area contributed by atoms with Gasteiger partial charge in [0.05, 0.1) is 24.5 Å². The van der Waals surface area contributed by atoms with E-state index in [1.54, 1.807) is 0 Å². The number of nitrogens with one attached hydrogen (secondary N) is 1. The third-order valence-electron chi connectivity index (χ3n) is 3.88. The number of hydrogen-bond acceptors (Lipinski definition) is 6. The van der Waals surface area contributed by atoms with Crippen molar-refractivity contribution in [1.82, 2.24) is 14.9 Å². The fraction of sp³-hybridized carbons (Fsp3) is 0.625. The van der Waals surface area contributed by atoms with Crippen molar-refractivity contribution < 1.29 is 14.3 Å². The summed E-state index contributed by atoms with van der Waals surface area (Å²) in [5.41, 5.74) is -0.0108.